The molecule has 1 amide bonds. The number of ether oxygens (including phenoxy) is 1. The number of aromatic nitrogens is 1. The van der Waals surface area contributed by atoms with Crippen molar-refractivity contribution in [3.8, 4) is 5.75 Å². The van der Waals surface area contributed by atoms with Crippen molar-refractivity contribution in [3.05, 3.63) is 59.9 Å². The van der Waals surface area contributed by atoms with Gasteiger partial charge in [0.2, 0.25) is 5.91 Å². The van der Waals surface area contributed by atoms with Crippen molar-refractivity contribution in [2.24, 2.45) is 5.92 Å². The van der Waals surface area contributed by atoms with E-state index in [1.54, 1.807) is 30.3 Å². The number of hydrogen-bond acceptors (Lipinski definition) is 4. The second kappa shape index (κ2) is 7.34. The molecule has 1 aliphatic heterocycles. The van der Waals surface area contributed by atoms with Crippen molar-refractivity contribution >= 4 is 11.9 Å². The first-order valence-corrected chi connectivity index (χ1v) is 8.16. The molecule has 0 bridgehead atoms. The Balaban J connectivity index is 1.84. The largest absolute Gasteiger partial charge is 0.497 e. The number of aliphatic carboxylic acids is 1. The molecular weight excluding hydrogens is 320 g/mol. The smallest absolute Gasteiger partial charge is 0.309 e. The first-order valence-electron chi connectivity index (χ1n) is 8.16. The van der Waals surface area contributed by atoms with Gasteiger partial charge in [0.15, 0.2) is 0 Å². The summed E-state index contributed by atoms with van der Waals surface area (Å²) in [5, 5.41) is 9.55. The Kier molecular flexibility index (Phi) is 4.97. The lowest BCUT2D eigenvalue weighted by Crippen LogP contribution is -2.32. The summed E-state index contributed by atoms with van der Waals surface area (Å²) in [6.45, 7) is 0.441. The van der Waals surface area contributed by atoms with Crippen LogP contribution in [0.15, 0.2) is 48.7 Å². The molecule has 0 aliphatic carbocycles. The molecule has 1 fully saturated rings. The highest BCUT2D eigenvalue weighted by Crippen LogP contribution is 2.38. The van der Waals surface area contributed by atoms with Crippen molar-refractivity contribution in [2.45, 2.75) is 18.9 Å². The van der Waals surface area contributed by atoms with Gasteiger partial charge in [-0.25, -0.2) is 0 Å². The van der Waals surface area contributed by atoms with Crippen LogP contribution in [0.5, 0.6) is 5.75 Å². The predicted octanol–water partition coefficient (Wildman–Crippen LogP) is 2.31. The van der Waals surface area contributed by atoms with Gasteiger partial charge < -0.3 is 14.7 Å². The minimum absolute atomic E-state index is 0.0221. The van der Waals surface area contributed by atoms with Crippen LogP contribution >= 0.6 is 0 Å². The molecule has 2 aromatic rings. The molecule has 1 aromatic carbocycles. The Hall–Kier alpha value is -2.89. The Bertz CT molecular complexity index is 746. The quantitative estimate of drug-likeness (QED) is 0.873. The molecule has 6 heteroatoms. The van der Waals surface area contributed by atoms with E-state index in [0.29, 0.717) is 18.7 Å². The maximum Gasteiger partial charge on any atom is 0.309 e. The van der Waals surface area contributed by atoms with Gasteiger partial charge in [0.05, 0.1) is 19.1 Å². The zero-order valence-electron chi connectivity index (χ0n) is 14.0. The average molecular weight is 340 g/mol. The molecule has 1 aliphatic rings. The topological polar surface area (TPSA) is 79.7 Å². The van der Waals surface area contributed by atoms with E-state index in [4.69, 9.17) is 4.74 Å². The van der Waals surface area contributed by atoms with Crippen molar-refractivity contribution < 1.29 is 19.4 Å². The van der Waals surface area contributed by atoms with Crippen molar-refractivity contribution in [1.29, 1.82) is 0 Å². The van der Waals surface area contributed by atoms with Crippen LogP contribution in [0.1, 0.15) is 23.7 Å². The maximum atomic E-state index is 12.4. The van der Waals surface area contributed by atoms with Crippen molar-refractivity contribution in [1.82, 2.24) is 9.88 Å². The third-order valence-corrected chi connectivity index (χ3v) is 4.54. The molecule has 130 valence electrons. The highest BCUT2D eigenvalue weighted by molar-refractivity contribution is 5.87. The number of carboxylic acids is 1. The average Bonchev–Trinajstić information content (AvgIpc) is 2.97. The fraction of sp³-hybridized carbons (Fsp3) is 0.316. The van der Waals surface area contributed by atoms with Crippen LogP contribution in [0.2, 0.25) is 0 Å². The third-order valence-electron chi connectivity index (χ3n) is 4.54. The molecule has 2 atom stereocenters. The zero-order valence-corrected chi connectivity index (χ0v) is 14.0. The van der Waals surface area contributed by atoms with E-state index < -0.39 is 17.9 Å². The van der Waals surface area contributed by atoms with Crippen LogP contribution in [-0.2, 0) is 16.0 Å². The lowest BCUT2D eigenvalue weighted by molar-refractivity contribution is -0.142. The highest BCUT2D eigenvalue weighted by atomic mass is 16.5. The summed E-state index contributed by atoms with van der Waals surface area (Å²) in [6.07, 6.45) is 2.32. The van der Waals surface area contributed by atoms with Gasteiger partial charge >= 0.3 is 5.97 Å². The summed E-state index contributed by atoms with van der Waals surface area (Å²) < 4.78 is 5.15. The fourth-order valence-electron chi connectivity index (χ4n) is 3.27. The van der Waals surface area contributed by atoms with Gasteiger partial charge in [-0.3, -0.25) is 14.6 Å². The van der Waals surface area contributed by atoms with Crippen LogP contribution in [0.4, 0.5) is 0 Å². The van der Waals surface area contributed by atoms with E-state index in [2.05, 4.69) is 4.98 Å². The van der Waals surface area contributed by atoms with Crippen LogP contribution < -0.4 is 4.74 Å². The molecular formula is C19H20N2O4. The minimum Gasteiger partial charge on any atom is -0.497 e. The summed E-state index contributed by atoms with van der Waals surface area (Å²) in [5.74, 6) is -1.14. The van der Waals surface area contributed by atoms with Crippen LogP contribution in [0.25, 0.3) is 0 Å². The van der Waals surface area contributed by atoms with E-state index in [9.17, 15) is 14.7 Å². The van der Waals surface area contributed by atoms with E-state index in [1.165, 1.54) is 0 Å². The van der Waals surface area contributed by atoms with E-state index in [1.807, 2.05) is 30.3 Å². The second-order valence-corrected chi connectivity index (χ2v) is 6.03. The molecule has 3 rings (SSSR count). The van der Waals surface area contributed by atoms with Crippen LogP contribution in [0, 0.1) is 5.92 Å². The second-order valence-electron chi connectivity index (χ2n) is 6.03. The van der Waals surface area contributed by atoms with Gasteiger partial charge in [-0.1, -0.05) is 18.2 Å². The van der Waals surface area contributed by atoms with E-state index >= 15 is 0 Å². The molecule has 2 heterocycles. The molecule has 1 saturated heterocycles. The number of pyridine rings is 1. The number of carbonyl (C=O) groups is 2. The van der Waals surface area contributed by atoms with Gasteiger partial charge in [-0.15, -0.1) is 0 Å². The Labute approximate surface area is 146 Å². The minimum atomic E-state index is -0.950. The summed E-state index contributed by atoms with van der Waals surface area (Å²) in [7, 11) is 1.58. The fourth-order valence-corrected chi connectivity index (χ4v) is 3.27. The number of methoxy groups -OCH3 is 1. The molecule has 0 unspecified atom stereocenters. The number of benzene rings is 1. The zero-order chi connectivity index (χ0) is 17.8. The molecule has 0 radical (unpaired) electrons. The summed E-state index contributed by atoms with van der Waals surface area (Å²) >= 11 is 0. The standard InChI is InChI=1S/C19H20N2O4/c1-25-15-7-5-13(6-8-15)18-16(19(23)24)12-17(22)21(18)11-9-14-4-2-3-10-20-14/h2-8,10,16,18H,9,11-12H2,1H3,(H,23,24)/t16-,18+/m1/s1. The normalized spacial score (nSPS) is 19.9. The number of amides is 1. The number of rotatable bonds is 6. The molecule has 0 spiro atoms. The summed E-state index contributed by atoms with van der Waals surface area (Å²) in [6, 6.07) is 12.4. The number of carboxylic acid groups (broad SMARTS) is 1. The Morgan fingerprint density at radius 1 is 1.28 bits per heavy atom. The van der Waals surface area contributed by atoms with Gasteiger partial charge in [-0.05, 0) is 29.8 Å². The van der Waals surface area contributed by atoms with E-state index in [0.717, 1.165) is 11.3 Å². The van der Waals surface area contributed by atoms with Gasteiger partial charge in [-0.2, -0.15) is 0 Å². The number of hydrogen-bond donors (Lipinski definition) is 1. The summed E-state index contributed by atoms with van der Waals surface area (Å²) in [4.78, 5) is 30.0. The number of likely N-dealkylation sites (tertiary alicyclic amines) is 1. The Morgan fingerprint density at radius 3 is 2.64 bits per heavy atom. The van der Waals surface area contributed by atoms with Crippen LogP contribution in [0.3, 0.4) is 0 Å². The lowest BCUT2D eigenvalue weighted by Gasteiger charge is -2.27. The molecule has 1 aromatic heterocycles. The maximum absolute atomic E-state index is 12.4. The van der Waals surface area contributed by atoms with E-state index in [-0.39, 0.29) is 12.3 Å². The monoisotopic (exact) mass is 340 g/mol. The summed E-state index contributed by atoms with van der Waals surface area (Å²) in [5.41, 5.74) is 1.68. The first-order chi connectivity index (χ1) is 12.1. The SMILES string of the molecule is COc1ccc([C@H]2[C@H](C(=O)O)CC(=O)N2CCc2ccccn2)cc1. The van der Waals surface area contributed by atoms with Gasteiger partial charge in [0.25, 0.3) is 0 Å². The first kappa shape index (κ1) is 17.0. The number of carbonyl (C=O) groups excluding carboxylic acids is 1. The molecule has 0 saturated carbocycles. The molecule has 6 nitrogen and oxygen atoms in total. The number of nitrogens with zero attached hydrogens (tertiary/aromatic N) is 2. The highest BCUT2D eigenvalue weighted by Gasteiger charge is 2.44. The lowest BCUT2D eigenvalue weighted by atomic mass is 9.93. The third kappa shape index (κ3) is 3.63. The van der Waals surface area contributed by atoms with Crippen molar-refractivity contribution in [3.63, 3.8) is 0 Å². The van der Waals surface area contributed by atoms with Crippen molar-refractivity contribution in [2.75, 3.05) is 13.7 Å². The van der Waals surface area contributed by atoms with Gasteiger partial charge in [0, 0.05) is 31.3 Å². The van der Waals surface area contributed by atoms with Gasteiger partial charge in [0.1, 0.15) is 5.75 Å². The molecule has 25 heavy (non-hydrogen) atoms. The predicted molar refractivity (Wildman–Crippen MR) is 91.1 cm³/mol. The Morgan fingerprint density at radius 2 is 2.04 bits per heavy atom. The molecule has 1 N–H and O–H groups in total. The van der Waals surface area contributed by atoms with Crippen LogP contribution in [-0.4, -0.2) is 40.5 Å².